The molecule has 0 heterocycles. The van der Waals surface area contributed by atoms with Crippen molar-refractivity contribution < 1.29 is 13.9 Å². The Morgan fingerprint density at radius 1 is 1.41 bits per heavy atom. The Morgan fingerprint density at radius 3 is 2.76 bits per heavy atom. The summed E-state index contributed by atoms with van der Waals surface area (Å²) in [6, 6.07) is 4.89. The second kappa shape index (κ2) is 5.36. The maximum atomic E-state index is 13.6. The molecule has 17 heavy (non-hydrogen) atoms. The van der Waals surface area contributed by atoms with E-state index in [1.54, 1.807) is 26.4 Å². The molecule has 1 aromatic rings. The molecule has 1 atom stereocenters. The van der Waals surface area contributed by atoms with Crippen LogP contribution in [0.1, 0.15) is 12.8 Å². The van der Waals surface area contributed by atoms with Crippen LogP contribution < -0.4 is 10.1 Å². The monoisotopic (exact) mass is 239 g/mol. The van der Waals surface area contributed by atoms with E-state index in [9.17, 15) is 4.39 Å². The fraction of sp³-hybridized carbons (Fsp3) is 0.538. The maximum Gasteiger partial charge on any atom is 0.146 e. The summed E-state index contributed by atoms with van der Waals surface area (Å²) in [6.45, 7) is 0.599. The third-order valence-corrected chi connectivity index (χ3v) is 3.05. The lowest BCUT2D eigenvalue weighted by Gasteiger charge is -2.19. The maximum absolute atomic E-state index is 13.6. The lowest BCUT2D eigenvalue weighted by molar-refractivity contribution is 0.179. The minimum atomic E-state index is -0.257. The van der Waals surface area contributed by atoms with Gasteiger partial charge in [-0.15, -0.1) is 0 Å². The van der Waals surface area contributed by atoms with Gasteiger partial charge in [-0.3, -0.25) is 0 Å². The van der Waals surface area contributed by atoms with E-state index in [4.69, 9.17) is 9.47 Å². The second-order valence-electron chi connectivity index (χ2n) is 4.39. The first-order valence-electron chi connectivity index (χ1n) is 5.83. The average Bonchev–Trinajstić information content (AvgIpc) is 3.15. The lowest BCUT2D eigenvalue weighted by atomic mass is 10.2. The van der Waals surface area contributed by atoms with Crippen LogP contribution in [0, 0.1) is 11.7 Å². The topological polar surface area (TPSA) is 30.5 Å². The van der Waals surface area contributed by atoms with Crippen molar-refractivity contribution >= 4 is 5.69 Å². The van der Waals surface area contributed by atoms with Gasteiger partial charge in [-0.1, -0.05) is 0 Å². The first-order valence-corrected chi connectivity index (χ1v) is 5.83. The van der Waals surface area contributed by atoms with E-state index in [0.29, 0.717) is 24.0 Å². The van der Waals surface area contributed by atoms with Crippen LogP contribution in [-0.2, 0) is 4.74 Å². The minimum absolute atomic E-state index is 0.182. The van der Waals surface area contributed by atoms with Gasteiger partial charge in [0, 0.05) is 13.2 Å². The number of nitrogens with one attached hydrogen (secondary N) is 1. The van der Waals surface area contributed by atoms with Crippen molar-refractivity contribution in [2.75, 3.05) is 26.1 Å². The molecule has 1 aromatic carbocycles. The van der Waals surface area contributed by atoms with E-state index in [0.717, 1.165) is 0 Å². The van der Waals surface area contributed by atoms with Gasteiger partial charge < -0.3 is 14.8 Å². The van der Waals surface area contributed by atoms with Crippen molar-refractivity contribution in [3.63, 3.8) is 0 Å². The number of hydrogen-bond donors (Lipinski definition) is 1. The van der Waals surface area contributed by atoms with Gasteiger partial charge in [-0.2, -0.15) is 0 Å². The van der Waals surface area contributed by atoms with Gasteiger partial charge in [0.25, 0.3) is 0 Å². The summed E-state index contributed by atoms with van der Waals surface area (Å²) in [5, 5.41) is 3.20. The van der Waals surface area contributed by atoms with Crippen LogP contribution in [0.4, 0.5) is 10.1 Å². The zero-order valence-corrected chi connectivity index (χ0v) is 10.2. The fourth-order valence-corrected chi connectivity index (χ4v) is 1.92. The van der Waals surface area contributed by atoms with Crippen LogP contribution in [0.5, 0.6) is 5.75 Å². The summed E-state index contributed by atoms with van der Waals surface area (Å²) >= 11 is 0. The molecule has 4 heteroatoms. The Labute approximate surface area is 101 Å². The average molecular weight is 239 g/mol. The van der Waals surface area contributed by atoms with E-state index in [1.165, 1.54) is 18.9 Å². The molecule has 3 nitrogen and oxygen atoms in total. The number of anilines is 1. The molecule has 94 valence electrons. The van der Waals surface area contributed by atoms with Crippen molar-refractivity contribution in [3.8, 4) is 5.75 Å². The van der Waals surface area contributed by atoms with Crippen molar-refractivity contribution in [2.45, 2.75) is 18.9 Å². The molecule has 1 saturated carbocycles. The predicted molar refractivity (Wildman–Crippen MR) is 65.0 cm³/mol. The summed E-state index contributed by atoms with van der Waals surface area (Å²) in [5.41, 5.74) is 0.485. The van der Waals surface area contributed by atoms with Crippen molar-refractivity contribution in [1.82, 2.24) is 0 Å². The SMILES string of the molecule is COCC(Nc1cc(OC)ccc1F)C1CC1. The fourth-order valence-electron chi connectivity index (χ4n) is 1.92. The Hall–Kier alpha value is -1.29. The van der Waals surface area contributed by atoms with Crippen molar-refractivity contribution in [3.05, 3.63) is 24.0 Å². The molecular weight excluding hydrogens is 221 g/mol. The molecular formula is C13H18FNO2. The molecule has 0 radical (unpaired) electrons. The van der Waals surface area contributed by atoms with Crippen LogP contribution in [0.3, 0.4) is 0 Å². The summed E-state index contributed by atoms with van der Waals surface area (Å²) in [6.07, 6.45) is 2.37. The molecule has 0 saturated heterocycles. The molecule has 1 fully saturated rings. The molecule has 0 amide bonds. The molecule has 0 spiro atoms. The molecule has 0 bridgehead atoms. The van der Waals surface area contributed by atoms with E-state index in [1.807, 2.05) is 0 Å². The highest BCUT2D eigenvalue weighted by Gasteiger charge is 2.31. The number of rotatable bonds is 6. The number of methoxy groups -OCH3 is 2. The van der Waals surface area contributed by atoms with Crippen LogP contribution >= 0.6 is 0 Å². The lowest BCUT2D eigenvalue weighted by Crippen LogP contribution is -2.27. The van der Waals surface area contributed by atoms with Gasteiger partial charge >= 0.3 is 0 Å². The second-order valence-corrected chi connectivity index (χ2v) is 4.39. The number of ether oxygens (including phenoxy) is 2. The normalized spacial score (nSPS) is 16.6. The van der Waals surface area contributed by atoms with E-state index in [-0.39, 0.29) is 11.9 Å². The van der Waals surface area contributed by atoms with Gasteiger partial charge in [0.15, 0.2) is 0 Å². The molecule has 0 aliphatic heterocycles. The third kappa shape index (κ3) is 3.09. The Kier molecular flexibility index (Phi) is 3.84. The van der Waals surface area contributed by atoms with Gasteiger partial charge in [0.1, 0.15) is 11.6 Å². The Balaban J connectivity index is 2.09. The molecule has 1 aliphatic rings. The first kappa shape index (κ1) is 12.2. The molecule has 1 N–H and O–H groups in total. The minimum Gasteiger partial charge on any atom is -0.497 e. The molecule has 0 aromatic heterocycles. The standard InChI is InChI=1S/C13H18FNO2/c1-16-8-13(9-3-4-9)15-12-7-10(17-2)5-6-11(12)14/h5-7,9,13,15H,3-4,8H2,1-2H3. The largest absolute Gasteiger partial charge is 0.497 e. The smallest absolute Gasteiger partial charge is 0.146 e. The molecule has 1 unspecified atom stereocenters. The zero-order valence-electron chi connectivity index (χ0n) is 10.2. The van der Waals surface area contributed by atoms with E-state index in [2.05, 4.69) is 5.32 Å². The van der Waals surface area contributed by atoms with E-state index >= 15 is 0 Å². The van der Waals surface area contributed by atoms with E-state index < -0.39 is 0 Å². The number of halogens is 1. The van der Waals surface area contributed by atoms with Crippen molar-refractivity contribution in [1.29, 1.82) is 0 Å². The first-order chi connectivity index (χ1) is 8.24. The van der Waals surface area contributed by atoms with Gasteiger partial charge in [-0.25, -0.2) is 4.39 Å². The van der Waals surface area contributed by atoms with Gasteiger partial charge in [0.05, 0.1) is 25.4 Å². The van der Waals surface area contributed by atoms with Crippen LogP contribution in [-0.4, -0.2) is 26.9 Å². The summed E-state index contributed by atoms with van der Waals surface area (Å²) in [7, 11) is 3.24. The molecule has 2 rings (SSSR count). The quantitative estimate of drug-likeness (QED) is 0.828. The van der Waals surface area contributed by atoms with Gasteiger partial charge in [0.2, 0.25) is 0 Å². The van der Waals surface area contributed by atoms with Crippen LogP contribution in [0.25, 0.3) is 0 Å². The van der Waals surface area contributed by atoms with Gasteiger partial charge in [-0.05, 0) is 30.9 Å². The Morgan fingerprint density at radius 2 is 2.18 bits per heavy atom. The van der Waals surface area contributed by atoms with Crippen molar-refractivity contribution in [2.24, 2.45) is 5.92 Å². The van der Waals surface area contributed by atoms with Crippen LogP contribution in [0.2, 0.25) is 0 Å². The third-order valence-electron chi connectivity index (χ3n) is 3.05. The summed E-state index contributed by atoms with van der Waals surface area (Å²) < 4.78 is 23.9. The number of benzene rings is 1. The predicted octanol–water partition coefficient (Wildman–Crippen LogP) is 2.67. The Bertz CT molecular complexity index is 380. The highest BCUT2D eigenvalue weighted by molar-refractivity contribution is 5.50. The highest BCUT2D eigenvalue weighted by Crippen LogP contribution is 2.35. The zero-order chi connectivity index (χ0) is 12.3. The molecule has 1 aliphatic carbocycles. The highest BCUT2D eigenvalue weighted by atomic mass is 19.1. The van der Waals surface area contributed by atoms with Crippen LogP contribution in [0.15, 0.2) is 18.2 Å². The summed E-state index contributed by atoms with van der Waals surface area (Å²) in [4.78, 5) is 0. The number of hydrogen-bond acceptors (Lipinski definition) is 3. The summed E-state index contributed by atoms with van der Waals surface area (Å²) in [5.74, 6) is 0.994.